The molecule has 2 aliphatic rings. The highest BCUT2D eigenvalue weighted by molar-refractivity contribution is 7.99. The van der Waals surface area contributed by atoms with E-state index in [1.165, 1.54) is 0 Å². The third kappa shape index (κ3) is 6.57. The largest absolute Gasteiger partial charge is 0.414 e. The Morgan fingerprint density at radius 3 is 2.44 bits per heavy atom. The zero-order chi connectivity index (χ0) is 24.9. The highest BCUT2D eigenvalue weighted by atomic mass is 35.5. The number of nitrogens with two attached hydrogens (primary N) is 1. The predicted molar refractivity (Wildman–Crippen MR) is 141 cm³/mol. The van der Waals surface area contributed by atoms with Crippen molar-refractivity contribution >= 4 is 43.2 Å². The Bertz CT molecular complexity index is 809. The Morgan fingerprint density at radius 1 is 1.12 bits per heavy atom. The number of rotatable bonds is 13. The topological polar surface area (TPSA) is 101 Å². The van der Waals surface area contributed by atoms with E-state index in [1.54, 1.807) is 11.8 Å². The number of nitrogen functional groups attached to an aromatic ring is 1. The molecule has 1 aliphatic heterocycles. The van der Waals surface area contributed by atoms with E-state index in [4.69, 9.17) is 36.0 Å². The van der Waals surface area contributed by atoms with Crippen LogP contribution in [0.5, 0.6) is 0 Å². The van der Waals surface area contributed by atoms with Crippen molar-refractivity contribution in [1.29, 1.82) is 0 Å². The van der Waals surface area contributed by atoms with Gasteiger partial charge >= 0.3 is 0 Å². The minimum absolute atomic E-state index is 0.0784. The number of nitrogens with zero attached hydrogens (tertiary/aromatic N) is 2. The smallest absolute Gasteiger partial charge is 0.192 e. The second kappa shape index (κ2) is 12.1. The van der Waals surface area contributed by atoms with Crippen LogP contribution in [0.3, 0.4) is 0 Å². The van der Waals surface area contributed by atoms with E-state index in [9.17, 15) is 0 Å². The molecular weight excluding hydrogens is 492 g/mol. The molecule has 4 atom stereocenters. The molecule has 1 aromatic heterocycles. The van der Waals surface area contributed by atoms with E-state index in [0.29, 0.717) is 36.3 Å². The lowest BCUT2D eigenvalue weighted by Gasteiger charge is -2.28. The summed E-state index contributed by atoms with van der Waals surface area (Å²) >= 11 is 7.87. The first kappa shape index (κ1) is 28.0. The van der Waals surface area contributed by atoms with Gasteiger partial charge in [-0.3, -0.25) is 0 Å². The maximum Gasteiger partial charge on any atom is 0.192 e. The highest BCUT2D eigenvalue weighted by Gasteiger charge is 2.54. The summed E-state index contributed by atoms with van der Waals surface area (Å²) in [7, 11) is -1.63. The van der Waals surface area contributed by atoms with Crippen LogP contribution < -0.4 is 11.1 Å². The zero-order valence-electron chi connectivity index (χ0n) is 21.4. The molecule has 0 radical (unpaired) electrons. The van der Waals surface area contributed by atoms with Crippen LogP contribution in [-0.2, 0) is 18.6 Å². The van der Waals surface area contributed by atoms with E-state index in [-0.39, 0.29) is 29.5 Å². The summed E-state index contributed by atoms with van der Waals surface area (Å²) in [6.45, 7) is 13.8. The number of nitrogens with one attached hydrogen (secondary N) is 1. The first-order valence-corrected chi connectivity index (χ1v) is 16.4. The first-order chi connectivity index (χ1) is 16.2. The fourth-order valence-corrected chi connectivity index (χ4v) is 8.27. The maximum absolute atomic E-state index is 6.36. The standard InChI is InChI=1S/C23H41ClN4O4SSi/c1-7-13-33-22-27-20(24)17(25)21(28-22)26-15-14-16(19-18(15)31-23(5,6)32-19)29-11-12-30-34(8-2,9-3)10-4/h15-16,18-19H,7-14,25H2,1-6H3,(H,26,27,28)/t15-,16+,18+,19-/m1/s1. The van der Waals surface area contributed by atoms with Gasteiger partial charge in [0.25, 0.3) is 0 Å². The van der Waals surface area contributed by atoms with Crippen molar-refractivity contribution in [3.8, 4) is 0 Å². The minimum Gasteiger partial charge on any atom is -0.414 e. The summed E-state index contributed by atoms with van der Waals surface area (Å²) in [5.41, 5.74) is 6.56. The number of anilines is 2. The normalized spacial score (nSPS) is 26.1. The van der Waals surface area contributed by atoms with Crippen LogP contribution in [0.2, 0.25) is 23.3 Å². The van der Waals surface area contributed by atoms with Gasteiger partial charge < -0.3 is 29.7 Å². The van der Waals surface area contributed by atoms with Gasteiger partial charge in [-0.05, 0) is 44.8 Å². The molecule has 1 saturated heterocycles. The predicted octanol–water partition coefficient (Wildman–Crippen LogP) is 5.33. The molecule has 8 nitrogen and oxygen atoms in total. The Hall–Kier alpha value is -0.623. The van der Waals surface area contributed by atoms with Crippen molar-refractivity contribution in [3.05, 3.63) is 5.15 Å². The monoisotopic (exact) mass is 532 g/mol. The lowest BCUT2D eigenvalue weighted by molar-refractivity contribution is -0.167. The molecule has 2 heterocycles. The van der Waals surface area contributed by atoms with Crippen molar-refractivity contribution in [2.75, 3.05) is 30.0 Å². The van der Waals surface area contributed by atoms with E-state index < -0.39 is 14.1 Å². The fourth-order valence-electron chi connectivity index (χ4n) is 4.72. The molecule has 194 valence electrons. The second-order valence-corrected chi connectivity index (χ2v) is 15.7. The summed E-state index contributed by atoms with van der Waals surface area (Å²) in [5, 5.41) is 4.34. The van der Waals surface area contributed by atoms with E-state index in [1.807, 2.05) is 13.8 Å². The van der Waals surface area contributed by atoms with Gasteiger partial charge in [-0.1, -0.05) is 51.1 Å². The molecule has 11 heteroatoms. The molecule has 2 fully saturated rings. The number of hydrogen-bond donors (Lipinski definition) is 2. The lowest BCUT2D eigenvalue weighted by Crippen LogP contribution is -2.38. The van der Waals surface area contributed by atoms with Gasteiger partial charge in [0, 0.05) is 5.75 Å². The Balaban J connectivity index is 1.67. The van der Waals surface area contributed by atoms with Crippen molar-refractivity contribution in [1.82, 2.24) is 9.97 Å². The van der Waals surface area contributed by atoms with Crippen LogP contribution in [0.4, 0.5) is 11.5 Å². The quantitative estimate of drug-likeness (QED) is 0.115. The summed E-state index contributed by atoms with van der Waals surface area (Å²) in [4.78, 5) is 8.92. The molecule has 0 amide bonds. The first-order valence-electron chi connectivity index (χ1n) is 12.5. The maximum atomic E-state index is 6.36. The molecule has 1 aromatic rings. The number of halogens is 1. The van der Waals surface area contributed by atoms with Gasteiger partial charge in [-0.2, -0.15) is 0 Å². The third-order valence-corrected chi connectivity index (χ3v) is 12.8. The molecule has 1 aliphatic carbocycles. The van der Waals surface area contributed by atoms with Gasteiger partial charge in [0.05, 0.1) is 25.4 Å². The fraction of sp³-hybridized carbons (Fsp3) is 0.826. The van der Waals surface area contributed by atoms with E-state index >= 15 is 0 Å². The van der Waals surface area contributed by atoms with E-state index in [0.717, 1.165) is 30.3 Å². The summed E-state index contributed by atoms with van der Waals surface area (Å²) in [6.07, 6.45) is 1.26. The van der Waals surface area contributed by atoms with E-state index in [2.05, 4.69) is 43.0 Å². The summed E-state index contributed by atoms with van der Waals surface area (Å²) in [5.74, 6) is 0.763. The molecule has 34 heavy (non-hydrogen) atoms. The van der Waals surface area contributed by atoms with Crippen LogP contribution in [0, 0.1) is 0 Å². The minimum atomic E-state index is -1.63. The van der Waals surface area contributed by atoms with Gasteiger partial charge in [0.15, 0.2) is 30.2 Å². The molecule has 0 unspecified atom stereocenters. The summed E-state index contributed by atoms with van der Waals surface area (Å²) < 4.78 is 25.1. The van der Waals surface area contributed by atoms with Crippen molar-refractivity contribution < 1.29 is 18.6 Å². The Kier molecular flexibility index (Phi) is 9.93. The van der Waals surface area contributed by atoms with Crippen LogP contribution in [-0.4, -0.2) is 67.4 Å². The highest BCUT2D eigenvalue weighted by Crippen LogP contribution is 2.41. The molecule has 0 aromatic carbocycles. The van der Waals surface area contributed by atoms with Crippen LogP contribution >= 0.6 is 23.4 Å². The van der Waals surface area contributed by atoms with Crippen molar-refractivity contribution in [2.24, 2.45) is 0 Å². The molecular formula is C23H41ClN4O4SSi. The SMILES string of the molecule is CCCSc1nc(Cl)c(N)c(N[C@@H]2C[C@H](OCCO[Si](CC)(CC)CC)[C@H]3OC(C)(C)O[C@H]32)n1. The number of hydrogen-bond acceptors (Lipinski definition) is 9. The Morgan fingerprint density at radius 2 is 1.79 bits per heavy atom. The average Bonchev–Trinajstić information content (AvgIpc) is 3.29. The molecule has 0 bridgehead atoms. The zero-order valence-corrected chi connectivity index (χ0v) is 23.9. The Labute approximate surface area is 214 Å². The number of thioether (sulfide) groups is 1. The molecule has 0 spiro atoms. The van der Waals surface area contributed by atoms with Gasteiger partial charge in [-0.25, -0.2) is 9.97 Å². The van der Waals surface area contributed by atoms with Crippen LogP contribution in [0.15, 0.2) is 5.16 Å². The third-order valence-electron chi connectivity index (χ3n) is 6.81. The molecule has 1 saturated carbocycles. The van der Waals surface area contributed by atoms with Crippen LogP contribution in [0.25, 0.3) is 0 Å². The lowest BCUT2D eigenvalue weighted by atomic mass is 10.2. The van der Waals surface area contributed by atoms with Gasteiger partial charge in [0.1, 0.15) is 17.9 Å². The number of aromatic nitrogens is 2. The van der Waals surface area contributed by atoms with Gasteiger partial charge in [-0.15, -0.1) is 0 Å². The number of ether oxygens (including phenoxy) is 3. The second-order valence-electron chi connectivity index (χ2n) is 9.46. The molecule has 3 rings (SSSR count). The average molecular weight is 533 g/mol. The molecule has 3 N–H and O–H groups in total. The van der Waals surface area contributed by atoms with Crippen molar-refractivity contribution in [2.45, 2.75) is 108 Å². The van der Waals surface area contributed by atoms with Crippen LogP contribution in [0.1, 0.15) is 54.4 Å². The van der Waals surface area contributed by atoms with Crippen molar-refractivity contribution in [3.63, 3.8) is 0 Å². The van der Waals surface area contributed by atoms with Gasteiger partial charge in [0.2, 0.25) is 0 Å². The summed E-state index contributed by atoms with van der Waals surface area (Å²) in [6, 6.07) is 3.32. The number of fused-ring (bicyclic) bond motifs is 1.